The minimum absolute atomic E-state index is 0.0128. The normalized spacial score (nSPS) is 10.6. The molecule has 0 saturated carbocycles. The summed E-state index contributed by atoms with van der Waals surface area (Å²) in [6, 6.07) is 5.32. The first-order chi connectivity index (χ1) is 9.60. The maximum absolute atomic E-state index is 11.4. The molecule has 7 heteroatoms. The minimum atomic E-state index is 0.0128. The molecule has 0 aliphatic heterocycles. The number of rotatable bonds is 5. The Morgan fingerprint density at radius 2 is 2.25 bits per heavy atom. The van der Waals surface area contributed by atoms with Crippen LogP contribution in [0.3, 0.4) is 0 Å². The van der Waals surface area contributed by atoms with Crippen molar-refractivity contribution in [3.63, 3.8) is 0 Å². The summed E-state index contributed by atoms with van der Waals surface area (Å²) >= 11 is 14.9. The molecule has 0 spiro atoms. The van der Waals surface area contributed by atoms with Crippen LogP contribution in [0.2, 0.25) is 10.0 Å². The van der Waals surface area contributed by atoms with E-state index in [0.29, 0.717) is 22.3 Å². The zero-order valence-electron chi connectivity index (χ0n) is 10.7. The molecule has 1 amide bonds. The van der Waals surface area contributed by atoms with E-state index >= 15 is 0 Å². The Bertz CT molecular complexity index is 616. The van der Waals surface area contributed by atoms with Crippen molar-refractivity contribution >= 4 is 52.2 Å². The van der Waals surface area contributed by atoms with Gasteiger partial charge in [0, 0.05) is 22.5 Å². The quantitative estimate of drug-likeness (QED) is 0.818. The van der Waals surface area contributed by atoms with Gasteiger partial charge in [0.15, 0.2) is 4.34 Å². The number of carbonyl (C=O) groups is 1. The van der Waals surface area contributed by atoms with Crippen LogP contribution in [0.1, 0.15) is 6.92 Å². The molecule has 0 aliphatic carbocycles. The van der Waals surface area contributed by atoms with Crippen LogP contribution in [0, 0.1) is 0 Å². The Kier molecular flexibility index (Phi) is 5.72. The van der Waals surface area contributed by atoms with Crippen molar-refractivity contribution in [1.82, 2.24) is 10.3 Å². The largest absolute Gasteiger partial charge is 0.356 e. The van der Waals surface area contributed by atoms with Crippen LogP contribution < -0.4 is 5.32 Å². The third-order valence-corrected chi connectivity index (χ3v) is 4.96. The monoisotopic (exact) mass is 346 g/mol. The van der Waals surface area contributed by atoms with Gasteiger partial charge in [-0.2, -0.15) is 0 Å². The van der Waals surface area contributed by atoms with Gasteiger partial charge in [0.1, 0.15) is 0 Å². The van der Waals surface area contributed by atoms with E-state index in [1.54, 1.807) is 12.1 Å². The highest BCUT2D eigenvalue weighted by Gasteiger charge is 2.10. The molecule has 20 heavy (non-hydrogen) atoms. The second-order valence-corrected chi connectivity index (χ2v) is 6.79. The lowest BCUT2D eigenvalue weighted by atomic mass is 10.2. The van der Waals surface area contributed by atoms with Crippen LogP contribution in [-0.2, 0) is 4.79 Å². The van der Waals surface area contributed by atoms with E-state index < -0.39 is 0 Å². The van der Waals surface area contributed by atoms with Gasteiger partial charge in [0.2, 0.25) is 5.91 Å². The van der Waals surface area contributed by atoms with Gasteiger partial charge >= 0.3 is 0 Å². The number of thioether (sulfide) groups is 1. The van der Waals surface area contributed by atoms with E-state index in [2.05, 4.69) is 10.3 Å². The summed E-state index contributed by atoms with van der Waals surface area (Å²) in [5.41, 5.74) is 1.65. The molecule has 0 atom stereocenters. The molecule has 0 bridgehead atoms. The van der Waals surface area contributed by atoms with Crippen molar-refractivity contribution in [1.29, 1.82) is 0 Å². The van der Waals surface area contributed by atoms with Gasteiger partial charge in [-0.25, -0.2) is 4.98 Å². The molecule has 1 aromatic carbocycles. The third-order valence-electron chi connectivity index (χ3n) is 2.39. The Hall–Kier alpha value is -0.750. The first-order valence-corrected chi connectivity index (χ1v) is 8.52. The van der Waals surface area contributed by atoms with E-state index in [1.165, 1.54) is 23.1 Å². The van der Waals surface area contributed by atoms with E-state index in [9.17, 15) is 4.79 Å². The molecule has 0 radical (unpaired) electrons. The molecule has 0 unspecified atom stereocenters. The molecule has 106 valence electrons. The second-order valence-electron chi connectivity index (χ2n) is 3.87. The van der Waals surface area contributed by atoms with Crippen molar-refractivity contribution in [2.75, 3.05) is 12.3 Å². The number of thiazole rings is 1. The Labute approximate surface area is 135 Å². The lowest BCUT2D eigenvalue weighted by Crippen LogP contribution is -2.24. The smallest absolute Gasteiger partial charge is 0.230 e. The molecule has 0 saturated heterocycles. The van der Waals surface area contributed by atoms with E-state index in [-0.39, 0.29) is 5.91 Å². The number of hydrogen-bond donors (Lipinski definition) is 1. The summed E-state index contributed by atoms with van der Waals surface area (Å²) in [5.74, 6) is 0.383. The lowest BCUT2D eigenvalue weighted by Gasteiger charge is -2.01. The summed E-state index contributed by atoms with van der Waals surface area (Å²) in [6.45, 7) is 2.54. The number of benzene rings is 1. The first kappa shape index (κ1) is 15.6. The minimum Gasteiger partial charge on any atom is -0.356 e. The van der Waals surface area contributed by atoms with Crippen LogP contribution >= 0.6 is 46.3 Å². The van der Waals surface area contributed by atoms with Gasteiger partial charge in [-0.05, 0) is 25.1 Å². The summed E-state index contributed by atoms with van der Waals surface area (Å²) in [4.78, 5) is 15.9. The Morgan fingerprint density at radius 1 is 1.45 bits per heavy atom. The van der Waals surface area contributed by atoms with Crippen LogP contribution in [0.15, 0.2) is 27.9 Å². The van der Waals surface area contributed by atoms with Gasteiger partial charge in [-0.3, -0.25) is 4.79 Å². The van der Waals surface area contributed by atoms with Gasteiger partial charge < -0.3 is 5.32 Å². The fourth-order valence-electron chi connectivity index (χ4n) is 1.52. The summed E-state index contributed by atoms with van der Waals surface area (Å²) in [7, 11) is 0. The molecule has 0 fully saturated rings. The number of nitrogens with zero attached hydrogens (tertiary/aromatic N) is 1. The SMILES string of the molecule is CCNC(=O)CSc1nc(-c2ccc(Cl)cc2Cl)cs1. The first-order valence-electron chi connectivity index (χ1n) is 5.90. The van der Waals surface area contributed by atoms with E-state index in [0.717, 1.165) is 15.6 Å². The number of carbonyl (C=O) groups excluding carboxylic acids is 1. The molecule has 0 aliphatic rings. The standard InChI is InChI=1S/C13H12Cl2N2OS2/c1-2-16-12(18)7-20-13-17-11(6-19-13)9-4-3-8(14)5-10(9)15/h3-6H,2,7H2,1H3,(H,16,18). The highest BCUT2D eigenvalue weighted by atomic mass is 35.5. The molecule has 1 N–H and O–H groups in total. The van der Waals surface area contributed by atoms with Gasteiger partial charge in [0.05, 0.1) is 16.5 Å². The van der Waals surface area contributed by atoms with E-state index in [1.807, 2.05) is 18.4 Å². The number of nitrogens with one attached hydrogen (secondary N) is 1. The molecule has 2 rings (SSSR count). The van der Waals surface area contributed by atoms with Crippen molar-refractivity contribution in [3.05, 3.63) is 33.6 Å². The molecule has 3 nitrogen and oxygen atoms in total. The highest BCUT2D eigenvalue weighted by molar-refractivity contribution is 8.01. The fraction of sp³-hybridized carbons (Fsp3) is 0.231. The maximum atomic E-state index is 11.4. The van der Waals surface area contributed by atoms with Crippen molar-refractivity contribution in [2.24, 2.45) is 0 Å². The Balaban J connectivity index is 2.07. The lowest BCUT2D eigenvalue weighted by molar-refractivity contribution is -0.118. The average molecular weight is 347 g/mol. The predicted octanol–water partition coefficient (Wildman–Crippen LogP) is 4.35. The van der Waals surface area contributed by atoms with Gasteiger partial charge in [0.25, 0.3) is 0 Å². The highest BCUT2D eigenvalue weighted by Crippen LogP contribution is 2.33. The molecule has 2 aromatic rings. The molecule has 1 heterocycles. The fourth-order valence-corrected chi connectivity index (χ4v) is 3.68. The zero-order chi connectivity index (χ0) is 14.5. The zero-order valence-corrected chi connectivity index (χ0v) is 13.8. The van der Waals surface area contributed by atoms with Gasteiger partial charge in [-0.1, -0.05) is 35.0 Å². The maximum Gasteiger partial charge on any atom is 0.230 e. The number of aromatic nitrogens is 1. The third kappa shape index (κ3) is 4.12. The van der Waals surface area contributed by atoms with Crippen LogP contribution in [0.25, 0.3) is 11.3 Å². The number of halogens is 2. The van der Waals surface area contributed by atoms with E-state index in [4.69, 9.17) is 23.2 Å². The summed E-state index contributed by atoms with van der Waals surface area (Å²) in [6.07, 6.45) is 0. The Morgan fingerprint density at radius 3 is 2.95 bits per heavy atom. The predicted molar refractivity (Wildman–Crippen MR) is 87.0 cm³/mol. The molecular weight excluding hydrogens is 335 g/mol. The number of hydrogen-bond acceptors (Lipinski definition) is 4. The molecule has 1 aromatic heterocycles. The van der Waals surface area contributed by atoms with Crippen LogP contribution in [0.5, 0.6) is 0 Å². The van der Waals surface area contributed by atoms with Crippen molar-refractivity contribution in [2.45, 2.75) is 11.3 Å². The second kappa shape index (κ2) is 7.31. The topological polar surface area (TPSA) is 42.0 Å². The van der Waals surface area contributed by atoms with Crippen LogP contribution in [0.4, 0.5) is 0 Å². The number of amides is 1. The van der Waals surface area contributed by atoms with Gasteiger partial charge in [-0.15, -0.1) is 11.3 Å². The average Bonchev–Trinajstić information content (AvgIpc) is 2.85. The summed E-state index contributed by atoms with van der Waals surface area (Å²) < 4.78 is 0.845. The van der Waals surface area contributed by atoms with Crippen molar-refractivity contribution in [3.8, 4) is 11.3 Å². The van der Waals surface area contributed by atoms with Crippen LogP contribution in [-0.4, -0.2) is 23.2 Å². The van der Waals surface area contributed by atoms with Crippen molar-refractivity contribution < 1.29 is 4.79 Å². The summed E-state index contributed by atoms with van der Waals surface area (Å²) in [5, 5.41) is 5.85. The molecular formula is C13H12Cl2N2OS2.